The number of fused-ring (bicyclic) bond motifs is 1. The normalized spacial score (nSPS) is 14.9. The zero-order valence-electron chi connectivity index (χ0n) is 20.0. The van der Waals surface area contributed by atoms with E-state index in [1.165, 1.54) is 20.8 Å². The number of pyridine rings is 2. The van der Waals surface area contributed by atoms with Crippen LogP contribution in [0.5, 0.6) is 0 Å². The molecule has 0 bridgehead atoms. The van der Waals surface area contributed by atoms with Crippen LogP contribution in [-0.4, -0.2) is 63.3 Å². The zero-order valence-corrected chi connectivity index (χ0v) is 20.8. The molecule has 1 saturated heterocycles. The van der Waals surface area contributed by atoms with E-state index in [4.69, 9.17) is 0 Å². The summed E-state index contributed by atoms with van der Waals surface area (Å²) in [5.41, 5.74) is 1.38. The zero-order chi connectivity index (χ0) is 26.3. The van der Waals surface area contributed by atoms with Gasteiger partial charge in [-0.2, -0.15) is 13.2 Å². The molecule has 0 radical (unpaired) electrons. The number of thiophene rings is 1. The van der Waals surface area contributed by atoms with Crippen LogP contribution in [0.1, 0.15) is 5.56 Å². The average Bonchev–Trinajstić information content (AvgIpc) is 3.19. The van der Waals surface area contributed by atoms with Crippen LogP contribution in [-0.2, 0) is 7.05 Å². The molecule has 0 aliphatic carbocycles. The Bertz CT molecular complexity index is 1490. The SMILES string of the molecule is Cc1c(-c2nc(Nc3ccc(N4CCN(CC(F)(F)F)CC4)cn3)ncc2F)sc2ccn(C)c(=O)c12. The van der Waals surface area contributed by atoms with Crippen LogP contribution in [0, 0.1) is 12.7 Å². The third-order valence-corrected chi connectivity index (χ3v) is 7.51. The van der Waals surface area contributed by atoms with Gasteiger partial charge in [0, 0.05) is 44.1 Å². The molecule has 5 heterocycles. The van der Waals surface area contributed by atoms with Crippen molar-refractivity contribution in [1.82, 2.24) is 24.4 Å². The molecule has 1 aliphatic heterocycles. The van der Waals surface area contributed by atoms with Gasteiger partial charge in [0.1, 0.15) is 11.5 Å². The van der Waals surface area contributed by atoms with Crippen LogP contribution in [0.15, 0.2) is 41.6 Å². The molecule has 8 nitrogen and oxygen atoms in total. The van der Waals surface area contributed by atoms with Gasteiger partial charge in [-0.3, -0.25) is 9.69 Å². The van der Waals surface area contributed by atoms with Crippen molar-refractivity contribution < 1.29 is 17.6 Å². The number of aryl methyl sites for hydroxylation is 2. The molecule has 0 amide bonds. The summed E-state index contributed by atoms with van der Waals surface area (Å²) in [5, 5.41) is 3.50. The standard InChI is InChI=1S/C24H23F4N7OS/c1-14-19-17(5-6-33(2)22(19)36)37-21(14)20-16(25)12-30-23(32-20)31-18-4-3-15(11-29-18)35-9-7-34(8-10-35)13-24(26,27)28/h3-6,11-12H,7-10,13H2,1-2H3,(H,29,30,31,32). The highest BCUT2D eigenvalue weighted by Crippen LogP contribution is 2.37. The van der Waals surface area contributed by atoms with Crippen LogP contribution in [0.25, 0.3) is 20.7 Å². The van der Waals surface area contributed by atoms with Gasteiger partial charge >= 0.3 is 6.18 Å². The second-order valence-electron chi connectivity index (χ2n) is 8.82. The monoisotopic (exact) mass is 533 g/mol. The Morgan fingerprint density at radius 3 is 2.51 bits per heavy atom. The van der Waals surface area contributed by atoms with Crippen molar-refractivity contribution in [1.29, 1.82) is 0 Å². The smallest absolute Gasteiger partial charge is 0.368 e. The van der Waals surface area contributed by atoms with Crippen molar-refractivity contribution in [3.05, 3.63) is 58.5 Å². The quantitative estimate of drug-likeness (QED) is 0.383. The first kappa shape index (κ1) is 25.1. The molecule has 13 heteroatoms. The van der Waals surface area contributed by atoms with E-state index in [0.29, 0.717) is 47.8 Å². The molecule has 0 spiro atoms. The molecule has 1 N–H and O–H groups in total. The Morgan fingerprint density at radius 1 is 1.08 bits per heavy atom. The average molecular weight is 534 g/mol. The molecule has 0 aromatic carbocycles. The second-order valence-corrected chi connectivity index (χ2v) is 9.87. The summed E-state index contributed by atoms with van der Waals surface area (Å²) in [6.07, 6.45) is 0.164. The number of aromatic nitrogens is 4. The summed E-state index contributed by atoms with van der Waals surface area (Å²) in [6, 6.07) is 5.33. The molecule has 1 aliphatic rings. The number of nitrogens with zero attached hydrogens (tertiary/aromatic N) is 6. The van der Waals surface area contributed by atoms with Gasteiger partial charge in [0.2, 0.25) is 5.95 Å². The van der Waals surface area contributed by atoms with Crippen LogP contribution < -0.4 is 15.8 Å². The fraction of sp³-hybridized carbons (Fsp3) is 0.333. The van der Waals surface area contributed by atoms with Crippen molar-refractivity contribution in [3.8, 4) is 10.6 Å². The lowest BCUT2D eigenvalue weighted by Gasteiger charge is -2.36. The van der Waals surface area contributed by atoms with Gasteiger partial charge < -0.3 is 14.8 Å². The maximum Gasteiger partial charge on any atom is 0.401 e. The van der Waals surface area contributed by atoms with E-state index in [2.05, 4.69) is 20.3 Å². The van der Waals surface area contributed by atoms with Gasteiger partial charge in [0.25, 0.3) is 5.56 Å². The molecule has 194 valence electrons. The number of anilines is 3. The number of piperazine rings is 1. The molecule has 5 rings (SSSR count). The molecule has 37 heavy (non-hydrogen) atoms. The summed E-state index contributed by atoms with van der Waals surface area (Å²) in [6.45, 7) is 2.43. The first-order chi connectivity index (χ1) is 17.6. The second kappa shape index (κ2) is 9.71. The van der Waals surface area contributed by atoms with Crippen molar-refractivity contribution in [2.75, 3.05) is 42.9 Å². The van der Waals surface area contributed by atoms with E-state index in [1.54, 1.807) is 32.4 Å². The van der Waals surface area contributed by atoms with Gasteiger partial charge in [-0.15, -0.1) is 11.3 Å². The van der Waals surface area contributed by atoms with E-state index < -0.39 is 18.5 Å². The largest absolute Gasteiger partial charge is 0.401 e. The fourth-order valence-electron chi connectivity index (χ4n) is 4.33. The topological polar surface area (TPSA) is 79.2 Å². The van der Waals surface area contributed by atoms with Gasteiger partial charge in [-0.05, 0) is 30.7 Å². The molecule has 1 fully saturated rings. The number of nitrogens with one attached hydrogen (secondary N) is 1. The third kappa shape index (κ3) is 5.27. The number of rotatable bonds is 5. The molecular weight excluding hydrogens is 510 g/mol. The number of halogens is 4. The van der Waals surface area contributed by atoms with Crippen molar-refractivity contribution in [2.45, 2.75) is 13.1 Å². The Morgan fingerprint density at radius 2 is 1.84 bits per heavy atom. The Hall–Kier alpha value is -3.58. The summed E-state index contributed by atoms with van der Waals surface area (Å²) < 4.78 is 54.8. The predicted molar refractivity (Wildman–Crippen MR) is 135 cm³/mol. The fourth-order valence-corrected chi connectivity index (χ4v) is 5.52. The highest BCUT2D eigenvalue weighted by atomic mass is 32.1. The van der Waals surface area contributed by atoms with Gasteiger partial charge in [0.05, 0.1) is 34.9 Å². The Kier molecular flexibility index (Phi) is 6.58. The van der Waals surface area contributed by atoms with Gasteiger partial charge in [0.15, 0.2) is 5.82 Å². The Balaban J connectivity index is 1.32. The molecule has 0 unspecified atom stereocenters. The van der Waals surface area contributed by atoms with Crippen LogP contribution in [0.2, 0.25) is 0 Å². The lowest BCUT2D eigenvalue weighted by Crippen LogP contribution is -2.49. The first-order valence-electron chi connectivity index (χ1n) is 11.5. The first-order valence-corrected chi connectivity index (χ1v) is 12.3. The molecular formula is C24H23F4N7OS. The summed E-state index contributed by atoms with van der Waals surface area (Å²) in [4.78, 5) is 29.2. The lowest BCUT2D eigenvalue weighted by molar-refractivity contribution is -0.146. The third-order valence-electron chi connectivity index (χ3n) is 6.24. The highest BCUT2D eigenvalue weighted by Gasteiger charge is 2.32. The van der Waals surface area contributed by atoms with Crippen LogP contribution in [0.4, 0.5) is 35.0 Å². The molecule has 0 atom stereocenters. The lowest BCUT2D eigenvalue weighted by atomic mass is 10.1. The summed E-state index contributed by atoms with van der Waals surface area (Å²) in [7, 11) is 1.66. The van der Waals surface area contributed by atoms with E-state index >= 15 is 0 Å². The molecule has 4 aromatic heterocycles. The van der Waals surface area contributed by atoms with Crippen LogP contribution in [0.3, 0.4) is 0 Å². The molecule has 0 saturated carbocycles. The van der Waals surface area contributed by atoms with E-state index in [1.807, 2.05) is 17.0 Å². The minimum Gasteiger partial charge on any atom is -0.368 e. The summed E-state index contributed by atoms with van der Waals surface area (Å²) >= 11 is 1.29. The van der Waals surface area contributed by atoms with Crippen molar-refractivity contribution in [3.63, 3.8) is 0 Å². The predicted octanol–water partition coefficient (Wildman–Crippen LogP) is 4.33. The van der Waals surface area contributed by atoms with E-state index in [0.717, 1.165) is 16.6 Å². The van der Waals surface area contributed by atoms with Crippen molar-refractivity contribution in [2.24, 2.45) is 7.05 Å². The van der Waals surface area contributed by atoms with Gasteiger partial charge in [-0.25, -0.2) is 19.3 Å². The number of alkyl halides is 3. The maximum absolute atomic E-state index is 14.7. The van der Waals surface area contributed by atoms with Gasteiger partial charge in [-0.1, -0.05) is 0 Å². The Labute approximate surface area is 213 Å². The minimum atomic E-state index is -4.20. The van der Waals surface area contributed by atoms with E-state index in [-0.39, 0.29) is 17.2 Å². The molecule has 4 aromatic rings. The highest BCUT2D eigenvalue weighted by molar-refractivity contribution is 7.22. The maximum atomic E-state index is 14.7. The van der Waals surface area contributed by atoms with E-state index in [9.17, 15) is 22.4 Å². The minimum absolute atomic E-state index is 0.0894. The number of hydrogen-bond acceptors (Lipinski definition) is 8. The van der Waals surface area contributed by atoms with Crippen molar-refractivity contribution >= 4 is 38.9 Å². The van der Waals surface area contributed by atoms with Crippen LogP contribution >= 0.6 is 11.3 Å². The number of hydrogen-bond donors (Lipinski definition) is 1. The summed E-state index contributed by atoms with van der Waals surface area (Å²) in [5.74, 6) is -0.0360.